The summed E-state index contributed by atoms with van der Waals surface area (Å²) in [6.07, 6.45) is 3.86. The average molecular weight is 278 g/mol. The largest absolute Gasteiger partial charge is 0.309 e. The highest BCUT2D eigenvalue weighted by atomic mass is 35.5. The maximum atomic E-state index is 6.01. The number of fused-ring (bicyclic) bond motifs is 1. The van der Waals surface area contributed by atoms with Crippen molar-refractivity contribution in [3.8, 4) is 0 Å². The Hall–Kier alpha value is -1.36. The maximum Gasteiger partial charge on any atom is 0.0931 e. The lowest BCUT2D eigenvalue weighted by atomic mass is 10.1. The van der Waals surface area contributed by atoms with Gasteiger partial charge in [0.25, 0.3) is 0 Å². The van der Waals surface area contributed by atoms with Gasteiger partial charge in [0.1, 0.15) is 0 Å². The molecule has 0 aliphatic carbocycles. The van der Waals surface area contributed by atoms with Gasteiger partial charge in [0.2, 0.25) is 0 Å². The Bertz CT molecular complexity index is 673. The van der Waals surface area contributed by atoms with Gasteiger partial charge in [0.05, 0.1) is 22.1 Å². The molecule has 1 atom stereocenters. The zero-order valence-corrected chi connectivity index (χ0v) is 11.4. The summed E-state index contributed by atoms with van der Waals surface area (Å²) < 4.78 is 2.69. The van der Waals surface area contributed by atoms with Crippen LogP contribution >= 0.6 is 22.9 Å². The van der Waals surface area contributed by atoms with Gasteiger partial charge in [-0.2, -0.15) is 5.10 Å². The van der Waals surface area contributed by atoms with E-state index >= 15 is 0 Å². The van der Waals surface area contributed by atoms with Crippen LogP contribution in [-0.4, -0.2) is 16.7 Å². The van der Waals surface area contributed by atoms with E-state index in [1.165, 1.54) is 4.88 Å². The van der Waals surface area contributed by atoms with Gasteiger partial charge < -0.3 is 5.32 Å². The molecule has 0 radical (unpaired) electrons. The van der Waals surface area contributed by atoms with Crippen LogP contribution < -0.4 is 5.32 Å². The number of halogens is 1. The van der Waals surface area contributed by atoms with Gasteiger partial charge in [-0.3, -0.25) is 0 Å². The van der Waals surface area contributed by atoms with E-state index < -0.39 is 0 Å². The summed E-state index contributed by atoms with van der Waals surface area (Å²) >= 11 is 7.60. The smallest absolute Gasteiger partial charge is 0.0931 e. The summed E-state index contributed by atoms with van der Waals surface area (Å²) in [7, 11) is 1.95. The van der Waals surface area contributed by atoms with Crippen molar-refractivity contribution in [2.24, 2.45) is 0 Å². The van der Waals surface area contributed by atoms with Crippen LogP contribution in [0.1, 0.15) is 16.5 Å². The van der Waals surface area contributed by atoms with Crippen molar-refractivity contribution in [3.63, 3.8) is 0 Å². The first-order valence-corrected chi connectivity index (χ1v) is 6.84. The number of aromatic nitrogens is 2. The monoisotopic (exact) mass is 277 g/mol. The minimum atomic E-state index is 0.127. The molecule has 0 aliphatic heterocycles. The minimum Gasteiger partial charge on any atom is -0.309 e. The summed E-state index contributed by atoms with van der Waals surface area (Å²) in [5.41, 5.74) is 2.28. The molecular formula is C13H12ClN3S. The SMILES string of the molecule is CNC(c1ccc(Cl)s1)c1cnn2ccccc12. The summed E-state index contributed by atoms with van der Waals surface area (Å²) in [4.78, 5) is 1.20. The number of hydrogen-bond donors (Lipinski definition) is 1. The predicted molar refractivity (Wildman–Crippen MR) is 75.4 cm³/mol. The lowest BCUT2D eigenvalue weighted by Gasteiger charge is -2.13. The van der Waals surface area contributed by atoms with Gasteiger partial charge in [0.15, 0.2) is 0 Å². The van der Waals surface area contributed by atoms with Crippen LogP contribution in [-0.2, 0) is 0 Å². The number of thiophene rings is 1. The third kappa shape index (κ3) is 1.92. The first-order chi connectivity index (χ1) is 8.79. The molecule has 0 saturated carbocycles. The molecule has 3 aromatic rings. The van der Waals surface area contributed by atoms with Gasteiger partial charge in [-0.25, -0.2) is 4.52 Å². The Morgan fingerprint density at radius 1 is 1.33 bits per heavy atom. The Morgan fingerprint density at radius 2 is 2.22 bits per heavy atom. The van der Waals surface area contributed by atoms with Crippen molar-refractivity contribution in [2.75, 3.05) is 7.05 Å². The molecule has 0 aliphatic rings. The fourth-order valence-electron chi connectivity index (χ4n) is 2.11. The highest BCUT2D eigenvalue weighted by Crippen LogP contribution is 2.32. The molecular weight excluding hydrogens is 266 g/mol. The zero-order chi connectivity index (χ0) is 12.5. The lowest BCUT2D eigenvalue weighted by Crippen LogP contribution is -2.16. The highest BCUT2D eigenvalue weighted by molar-refractivity contribution is 7.16. The summed E-state index contributed by atoms with van der Waals surface area (Å²) in [6, 6.07) is 10.2. The summed E-state index contributed by atoms with van der Waals surface area (Å²) in [5, 5.41) is 7.69. The molecule has 0 aromatic carbocycles. The lowest BCUT2D eigenvalue weighted by molar-refractivity contribution is 0.709. The van der Waals surface area contributed by atoms with Crippen molar-refractivity contribution >= 4 is 28.5 Å². The van der Waals surface area contributed by atoms with Gasteiger partial charge in [-0.1, -0.05) is 17.7 Å². The molecule has 3 aromatic heterocycles. The van der Waals surface area contributed by atoms with Crippen molar-refractivity contribution in [3.05, 3.63) is 57.5 Å². The van der Waals surface area contributed by atoms with Crippen molar-refractivity contribution < 1.29 is 0 Å². The van der Waals surface area contributed by atoms with Crippen LogP contribution in [0.2, 0.25) is 4.34 Å². The zero-order valence-electron chi connectivity index (χ0n) is 9.80. The van der Waals surface area contributed by atoms with Crippen LogP contribution in [0.3, 0.4) is 0 Å². The third-order valence-electron chi connectivity index (χ3n) is 2.93. The Balaban J connectivity index is 2.11. The maximum absolute atomic E-state index is 6.01. The van der Waals surface area contributed by atoms with Gasteiger partial charge in [0, 0.05) is 16.6 Å². The Labute approximate surface area is 114 Å². The Morgan fingerprint density at radius 3 is 2.94 bits per heavy atom. The molecule has 0 fully saturated rings. The Kier molecular flexibility index (Phi) is 3.07. The second-order valence-corrected chi connectivity index (χ2v) is 5.74. The number of nitrogens with one attached hydrogen (secondary N) is 1. The van der Waals surface area contributed by atoms with Crippen molar-refractivity contribution in [1.29, 1.82) is 0 Å². The van der Waals surface area contributed by atoms with Gasteiger partial charge in [-0.15, -0.1) is 11.3 Å². The van der Waals surface area contributed by atoms with Crippen LogP contribution in [0.25, 0.3) is 5.52 Å². The average Bonchev–Trinajstić information content (AvgIpc) is 2.98. The van der Waals surface area contributed by atoms with E-state index in [-0.39, 0.29) is 6.04 Å². The van der Waals surface area contributed by atoms with E-state index in [1.807, 2.05) is 42.2 Å². The van der Waals surface area contributed by atoms with Crippen molar-refractivity contribution in [1.82, 2.24) is 14.9 Å². The normalized spacial score (nSPS) is 13.0. The van der Waals surface area contributed by atoms with E-state index in [0.29, 0.717) is 0 Å². The first kappa shape index (κ1) is 11.7. The molecule has 5 heteroatoms. The fraction of sp³-hybridized carbons (Fsp3) is 0.154. The molecule has 3 heterocycles. The molecule has 18 heavy (non-hydrogen) atoms. The number of hydrogen-bond acceptors (Lipinski definition) is 3. The van der Waals surface area contributed by atoms with Crippen LogP contribution in [0.4, 0.5) is 0 Å². The van der Waals surface area contributed by atoms with E-state index in [0.717, 1.165) is 15.4 Å². The molecule has 92 valence electrons. The summed E-state index contributed by atoms with van der Waals surface area (Å²) in [5.74, 6) is 0. The molecule has 1 N–H and O–H groups in total. The topological polar surface area (TPSA) is 29.3 Å². The number of nitrogens with zero attached hydrogens (tertiary/aromatic N) is 2. The van der Waals surface area contributed by atoms with Crippen molar-refractivity contribution in [2.45, 2.75) is 6.04 Å². The number of pyridine rings is 1. The molecule has 3 rings (SSSR count). The van der Waals surface area contributed by atoms with Gasteiger partial charge >= 0.3 is 0 Å². The van der Waals surface area contributed by atoms with E-state index in [9.17, 15) is 0 Å². The molecule has 0 saturated heterocycles. The number of rotatable bonds is 3. The second-order valence-electron chi connectivity index (χ2n) is 3.99. The second kappa shape index (κ2) is 4.72. The molecule has 3 nitrogen and oxygen atoms in total. The molecule has 1 unspecified atom stereocenters. The van der Waals surface area contributed by atoms with Crippen LogP contribution in [0, 0.1) is 0 Å². The van der Waals surface area contributed by atoms with Crippen LogP contribution in [0.15, 0.2) is 42.7 Å². The highest BCUT2D eigenvalue weighted by Gasteiger charge is 2.18. The van der Waals surface area contributed by atoms with E-state index in [4.69, 9.17) is 11.6 Å². The molecule has 0 amide bonds. The molecule has 0 spiro atoms. The van der Waals surface area contributed by atoms with Crippen LogP contribution in [0.5, 0.6) is 0 Å². The van der Waals surface area contributed by atoms with Gasteiger partial charge in [-0.05, 0) is 31.3 Å². The standard InChI is InChI=1S/C13H12ClN3S/c1-15-13(11-5-6-12(14)18-11)9-8-16-17-7-3-2-4-10(9)17/h2-8,13,15H,1H3. The predicted octanol–water partition coefficient (Wildman–Crippen LogP) is 3.36. The fourth-order valence-corrected chi connectivity index (χ4v) is 3.30. The third-order valence-corrected chi connectivity index (χ3v) is 4.23. The first-order valence-electron chi connectivity index (χ1n) is 5.64. The minimum absolute atomic E-state index is 0.127. The summed E-state index contributed by atoms with van der Waals surface area (Å²) in [6.45, 7) is 0. The van der Waals surface area contributed by atoms with E-state index in [2.05, 4.69) is 22.5 Å². The van der Waals surface area contributed by atoms with E-state index in [1.54, 1.807) is 11.3 Å². The quantitative estimate of drug-likeness (QED) is 0.795. The molecule has 0 bridgehead atoms.